The van der Waals surface area contributed by atoms with E-state index in [1.165, 1.54) is 6.92 Å². The molecule has 0 spiro atoms. The molecular formula is C14H20N2O2. The molecule has 18 heavy (non-hydrogen) atoms. The topological polar surface area (TPSA) is 61.4 Å². The van der Waals surface area contributed by atoms with Gasteiger partial charge in [-0.2, -0.15) is 0 Å². The molecule has 2 rings (SSSR count). The minimum absolute atomic E-state index is 0.0620. The zero-order valence-corrected chi connectivity index (χ0v) is 10.7. The molecule has 1 aliphatic rings. The van der Waals surface area contributed by atoms with Crippen LogP contribution in [-0.4, -0.2) is 23.2 Å². The molecule has 4 nitrogen and oxygen atoms in total. The fraction of sp³-hybridized carbons (Fsp3) is 0.500. The van der Waals surface area contributed by atoms with E-state index in [-0.39, 0.29) is 5.91 Å². The van der Waals surface area contributed by atoms with Crippen LogP contribution in [-0.2, 0) is 11.3 Å². The number of carbonyl (C=O) groups excluding carboxylic acids is 1. The molecule has 0 bridgehead atoms. The average molecular weight is 248 g/mol. The van der Waals surface area contributed by atoms with E-state index in [4.69, 9.17) is 0 Å². The molecule has 1 saturated carbocycles. The molecular weight excluding hydrogens is 228 g/mol. The molecule has 0 radical (unpaired) electrons. The second kappa shape index (κ2) is 5.50. The minimum Gasteiger partial charge on any atom is -0.389 e. The van der Waals surface area contributed by atoms with Crippen LogP contribution in [0.1, 0.15) is 31.7 Å². The summed E-state index contributed by atoms with van der Waals surface area (Å²) in [5.74, 6) is -0.0620. The van der Waals surface area contributed by atoms with Crippen LogP contribution in [0.4, 0.5) is 5.69 Å². The summed E-state index contributed by atoms with van der Waals surface area (Å²) in [6, 6.07) is 7.72. The first-order valence-corrected chi connectivity index (χ1v) is 6.37. The number of aliphatic hydroxyl groups is 1. The van der Waals surface area contributed by atoms with E-state index in [1.807, 2.05) is 24.3 Å². The monoisotopic (exact) mass is 248 g/mol. The third-order valence-corrected chi connectivity index (χ3v) is 3.34. The second-order valence-electron chi connectivity index (χ2n) is 5.06. The van der Waals surface area contributed by atoms with Gasteiger partial charge in [-0.05, 0) is 37.0 Å². The van der Waals surface area contributed by atoms with Gasteiger partial charge in [-0.3, -0.25) is 4.79 Å². The molecule has 0 unspecified atom stereocenters. The Balaban J connectivity index is 1.77. The van der Waals surface area contributed by atoms with Crippen molar-refractivity contribution in [2.75, 3.05) is 11.9 Å². The fourth-order valence-electron chi connectivity index (χ4n) is 2.11. The summed E-state index contributed by atoms with van der Waals surface area (Å²) >= 11 is 0. The van der Waals surface area contributed by atoms with Gasteiger partial charge in [0.1, 0.15) is 0 Å². The van der Waals surface area contributed by atoms with Crippen LogP contribution >= 0.6 is 0 Å². The van der Waals surface area contributed by atoms with Gasteiger partial charge in [-0.1, -0.05) is 12.1 Å². The minimum atomic E-state index is -0.476. The molecule has 1 aliphatic carbocycles. The Labute approximate surface area is 107 Å². The zero-order valence-electron chi connectivity index (χ0n) is 10.7. The van der Waals surface area contributed by atoms with Gasteiger partial charge in [0.25, 0.3) is 0 Å². The van der Waals surface area contributed by atoms with Crippen molar-refractivity contribution in [1.82, 2.24) is 5.32 Å². The summed E-state index contributed by atoms with van der Waals surface area (Å²) in [5.41, 5.74) is 1.48. The van der Waals surface area contributed by atoms with Gasteiger partial charge < -0.3 is 15.7 Å². The van der Waals surface area contributed by atoms with Crippen molar-refractivity contribution in [3.05, 3.63) is 29.8 Å². The lowest BCUT2D eigenvalue weighted by Gasteiger charge is -2.36. The molecule has 1 amide bonds. The van der Waals surface area contributed by atoms with Crippen molar-refractivity contribution in [3.63, 3.8) is 0 Å². The Kier molecular flexibility index (Phi) is 3.99. The Hall–Kier alpha value is -1.39. The largest absolute Gasteiger partial charge is 0.389 e. The van der Waals surface area contributed by atoms with E-state index in [0.29, 0.717) is 6.54 Å². The lowest BCUT2D eigenvalue weighted by atomic mass is 9.80. The number of rotatable bonds is 5. The van der Waals surface area contributed by atoms with Crippen LogP contribution in [0.3, 0.4) is 0 Å². The predicted molar refractivity (Wildman–Crippen MR) is 71.3 cm³/mol. The van der Waals surface area contributed by atoms with Gasteiger partial charge in [0.2, 0.25) is 5.91 Å². The Bertz CT molecular complexity index is 410. The molecule has 1 aromatic carbocycles. The van der Waals surface area contributed by atoms with Crippen molar-refractivity contribution in [2.45, 2.75) is 38.3 Å². The second-order valence-corrected chi connectivity index (χ2v) is 5.06. The maximum Gasteiger partial charge on any atom is 0.221 e. The first-order valence-electron chi connectivity index (χ1n) is 6.37. The van der Waals surface area contributed by atoms with Crippen LogP contribution in [0.15, 0.2) is 24.3 Å². The summed E-state index contributed by atoms with van der Waals surface area (Å²) in [5, 5.41) is 15.9. The van der Waals surface area contributed by atoms with Gasteiger partial charge in [-0.15, -0.1) is 0 Å². The summed E-state index contributed by atoms with van der Waals surface area (Å²) in [6.07, 6.45) is 2.94. The van der Waals surface area contributed by atoms with Gasteiger partial charge in [-0.25, -0.2) is 0 Å². The van der Waals surface area contributed by atoms with E-state index in [2.05, 4.69) is 10.6 Å². The van der Waals surface area contributed by atoms with Crippen molar-refractivity contribution < 1.29 is 9.90 Å². The van der Waals surface area contributed by atoms with Crippen LogP contribution < -0.4 is 10.6 Å². The fourth-order valence-corrected chi connectivity index (χ4v) is 2.11. The van der Waals surface area contributed by atoms with Gasteiger partial charge in [0, 0.05) is 25.7 Å². The number of carbonyl (C=O) groups is 1. The van der Waals surface area contributed by atoms with Crippen molar-refractivity contribution in [3.8, 4) is 0 Å². The molecule has 98 valence electrons. The molecule has 0 aromatic heterocycles. The summed E-state index contributed by atoms with van der Waals surface area (Å²) in [6.45, 7) is 2.89. The van der Waals surface area contributed by atoms with Crippen molar-refractivity contribution in [1.29, 1.82) is 0 Å². The molecule has 0 heterocycles. The number of benzene rings is 1. The lowest BCUT2D eigenvalue weighted by molar-refractivity contribution is -0.114. The van der Waals surface area contributed by atoms with Gasteiger partial charge >= 0.3 is 0 Å². The molecule has 0 aliphatic heterocycles. The highest BCUT2D eigenvalue weighted by Gasteiger charge is 2.33. The van der Waals surface area contributed by atoms with E-state index in [9.17, 15) is 9.90 Å². The van der Waals surface area contributed by atoms with Crippen molar-refractivity contribution in [2.24, 2.45) is 0 Å². The van der Waals surface area contributed by atoms with E-state index in [1.54, 1.807) is 0 Å². The summed E-state index contributed by atoms with van der Waals surface area (Å²) < 4.78 is 0. The highest BCUT2D eigenvalue weighted by molar-refractivity contribution is 5.88. The molecule has 0 atom stereocenters. The van der Waals surface area contributed by atoms with E-state index >= 15 is 0 Å². The Morgan fingerprint density at radius 3 is 2.50 bits per heavy atom. The standard InChI is InChI=1S/C14H20N2O2/c1-11(17)16-13-5-3-12(4-6-13)9-15-10-14(18)7-2-8-14/h3-6,15,18H,2,7-10H2,1H3,(H,16,17). The van der Waals surface area contributed by atoms with Crippen LogP contribution in [0.5, 0.6) is 0 Å². The third kappa shape index (κ3) is 3.55. The smallest absolute Gasteiger partial charge is 0.221 e. The summed E-state index contributed by atoms with van der Waals surface area (Å²) in [7, 11) is 0. The maximum atomic E-state index is 10.9. The van der Waals surface area contributed by atoms with E-state index in [0.717, 1.165) is 37.1 Å². The van der Waals surface area contributed by atoms with Crippen LogP contribution in [0.2, 0.25) is 0 Å². The Morgan fingerprint density at radius 2 is 2.00 bits per heavy atom. The normalized spacial score (nSPS) is 17.0. The Morgan fingerprint density at radius 1 is 1.33 bits per heavy atom. The summed E-state index contributed by atoms with van der Waals surface area (Å²) in [4.78, 5) is 10.9. The first-order chi connectivity index (χ1) is 8.57. The lowest BCUT2D eigenvalue weighted by Crippen LogP contribution is -2.45. The van der Waals surface area contributed by atoms with Gasteiger partial charge in [0.05, 0.1) is 5.60 Å². The van der Waals surface area contributed by atoms with Crippen molar-refractivity contribution >= 4 is 11.6 Å². The predicted octanol–water partition coefficient (Wildman–Crippen LogP) is 1.65. The van der Waals surface area contributed by atoms with E-state index < -0.39 is 5.60 Å². The number of hydrogen-bond donors (Lipinski definition) is 3. The molecule has 3 N–H and O–H groups in total. The molecule has 1 aromatic rings. The molecule has 4 heteroatoms. The maximum absolute atomic E-state index is 10.9. The highest BCUT2D eigenvalue weighted by atomic mass is 16.3. The SMILES string of the molecule is CC(=O)Nc1ccc(CNCC2(O)CCC2)cc1. The average Bonchev–Trinajstić information content (AvgIpc) is 2.28. The zero-order chi connectivity index (χ0) is 13.0. The first kappa shape index (κ1) is 13.1. The van der Waals surface area contributed by atoms with Crippen LogP contribution in [0.25, 0.3) is 0 Å². The quantitative estimate of drug-likeness (QED) is 0.742. The number of hydrogen-bond acceptors (Lipinski definition) is 3. The van der Waals surface area contributed by atoms with Crippen LogP contribution in [0, 0.1) is 0 Å². The van der Waals surface area contributed by atoms with Gasteiger partial charge in [0.15, 0.2) is 0 Å². The highest BCUT2D eigenvalue weighted by Crippen LogP contribution is 2.30. The molecule has 1 fully saturated rings. The molecule has 0 saturated heterocycles. The number of anilines is 1. The number of nitrogens with one attached hydrogen (secondary N) is 2. The number of amides is 1. The third-order valence-electron chi connectivity index (χ3n) is 3.34.